The Morgan fingerprint density at radius 1 is 1.14 bits per heavy atom. The van der Waals surface area contributed by atoms with Gasteiger partial charge in [0.15, 0.2) is 11.6 Å². The quantitative estimate of drug-likeness (QED) is 0.907. The van der Waals surface area contributed by atoms with Crippen LogP contribution in [0.15, 0.2) is 36.4 Å². The van der Waals surface area contributed by atoms with Gasteiger partial charge in [0.25, 0.3) is 5.91 Å². The first-order chi connectivity index (χ1) is 10.7. The van der Waals surface area contributed by atoms with Gasteiger partial charge in [-0.05, 0) is 44.0 Å². The number of benzene rings is 1. The maximum atomic E-state index is 11.9. The van der Waals surface area contributed by atoms with E-state index in [0.29, 0.717) is 18.2 Å². The third-order valence-corrected chi connectivity index (χ3v) is 3.46. The second-order valence-corrected chi connectivity index (χ2v) is 5.29. The minimum atomic E-state index is -0.368. The van der Waals surface area contributed by atoms with Crippen molar-refractivity contribution in [2.45, 2.75) is 25.9 Å². The zero-order valence-corrected chi connectivity index (χ0v) is 12.4. The van der Waals surface area contributed by atoms with Crippen LogP contribution in [0.2, 0.25) is 0 Å². The lowest BCUT2D eigenvalue weighted by molar-refractivity contribution is -0.124. The van der Waals surface area contributed by atoms with Crippen LogP contribution in [0.4, 0.5) is 17.3 Å². The highest BCUT2D eigenvalue weighted by atomic mass is 16.5. The molecule has 0 spiro atoms. The van der Waals surface area contributed by atoms with Crippen LogP contribution in [-0.2, 0) is 9.53 Å². The lowest BCUT2D eigenvalue weighted by atomic mass is 10.2. The smallest absolute Gasteiger partial charge is 0.254 e. The number of nitrogens with one attached hydrogen (secondary N) is 2. The summed E-state index contributed by atoms with van der Waals surface area (Å²) < 4.78 is 5.33. The van der Waals surface area contributed by atoms with E-state index in [1.165, 1.54) is 5.56 Å². The normalized spacial score (nSPS) is 17.2. The molecule has 2 aromatic rings. The molecular weight excluding hydrogens is 280 g/mol. The van der Waals surface area contributed by atoms with Crippen LogP contribution in [0.25, 0.3) is 0 Å². The first-order valence-corrected chi connectivity index (χ1v) is 7.30. The van der Waals surface area contributed by atoms with Crippen molar-refractivity contribution in [2.75, 3.05) is 17.2 Å². The summed E-state index contributed by atoms with van der Waals surface area (Å²) in [6.07, 6.45) is 1.31. The maximum Gasteiger partial charge on any atom is 0.254 e. The second kappa shape index (κ2) is 6.53. The second-order valence-electron chi connectivity index (χ2n) is 5.29. The summed E-state index contributed by atoms with van der Waals surface area (Å²) in [5.74, 6) is 0.889. The van der Waals surface area contributed by atoms with Gasteiger partial charge in [-0.1, -0.05) is 17.7 Å². The van der Waals surface area contributed by atoms with Gasteiger partial charge in [-0.3, -0.25) is 4.79 Å². The molecule has 1 unspecified atom stereocenters. The molecule has 22 heavy (non-hydrogen) atoms. The van der Waals surface area contributed by atoms with Gasteiger partial charge in [-0.2, -0.15) is 0 Å². The number of anilines is 3. The highest BCUT2D eigenvalue weighted by molar-refractivity contribution is 5.93. The molecule has 6 nitrogen and oxygen atoms in total. The topological polar surface area (TPSA) is 76.1 Å². The fourth-order valence-corrected chi connectivity index (χ4v) is 2.24. The number of hydrogen-bond donors (Lipinski definition) is 2. The Balaban J connectivity index is 1.60. The van der Waals surface area contributed by atoms with Crippen molar-refractivity contribution in [3.63, 3.8) is 0 Å². The molecule has 1 fully saturated rings. The summed E-state index contributed by atoms with van der Waals surface area (Å²) in [4.78, 5) is 11.9. The first-order valence-electron chi connectivity index (χ1n) is 7.30. The summed E-state index contributed by atoms with van der Waals surface area (Å²) in [5.41, 5.74) is 2.14. The number of ether oxygens (including phenoxy) is 1. The van der Waals surface area contributed by atoms with Gasteiger partial charge in [0, 0.05) is 12.3 Å². The van der Waals surface area contributed by atoms with E-state index in [4.69, 9.17) is 4.74 Å². The number of nitrogens with zero attached hydrogens (tertiary/aromatic N) is 2. The van der Waals surface area contributed by atoms with Crippen LogP contribution in [0.3, 0.4) is 0 Å². The molecule has 1 aromatic carbocycles. The van der Waals surface area contributed by atoms with Gasteiger partial charge < -0.3 is 15.4 Å². The summed E-state index contributed by atoms with van der Waals surface area (Å²) in [7, 11) is 0. The van der Waals surface area contributed by atoms with Gasteiger partial charge in [0.1, 0.15) is 6.10 Å². The van der Waals surface area contributed by atoms with Crippen LogP contribution < -0.4 is 10.6 Å². The molecule has 6 heteroatoms. The van der Waals surface area contributed by atoms with E-state index in [1.807, 2.05) is 31.2 Å². The Kier molecular flexibility index (Phi) is 4.29. The highest BCUT2D eigenvalue weighted by Crippen LogP contribution is 2.17. The third-order valence-electron chi connectivity index (χ3n) is 3.46. The molecular formula is C16H18N4O2. The van der Waals surface area contributed by atoms with Gasteiger partial charge in [0.05, 0.1) is 0 Å². The van der Waals surface area contributed by atoms with E-state index in [2.05, 4.69) is 20.8 Å². The molecule has 0 aliphatic carbocycles. The number of aromatic nitrogens is 2. The molecule has 1 aromatic heterocycles. The van der Waals surface area contributed by atoms with Crippen LogP contribution >= 0.6 is 0 Å². The predicted octanol–water partition coefficient (Wildman–Crippen LogP) is 2.65. The third kappa shape index (κ3) is 3.59. The number of rotatable bonds is 4. The van der Waals surface area contributed by atoms with Crippen molar-refractivity contribution in [2.24, 2.45) is 0 Å². The molecule has 1 aliphatic heterocycles. The fourth-order valence-electron chi connectivity index (χ4n) is 2.24. The molecule has 1 saturated heterocycles. The molecule has 114 valence electrons. The number of hydrogen-bond acceptors (Lipinski definition) is 5. The molecule has 3 rings (SSSR count). The van der Waals surface area contributed by atoms with Crippen LogP contribution in [0.1, 0.15) is 18.4 Å². The zero-order chi connectivity index (χ0) is 15.4. The van der Waals surface area contributed by atoms with Crippen molar-refractivity contribution in [3.05, 3.63) is 42.0 Å². The molecule has 1 amide bonds. The Morgan fingerprint density at radius 2 is 1.86 bits per heavy atom. The van der Waals surface area contributed by atoms with Gasteiger partial charge in [-0.25, -0.2) is 0 Å². The Bertz CT molecular complexity index is 634. The van der Waals surface area contributed by atoms with Crippen molar-refractivity contribution < 1.29 is 9.53 Å². The van der Waals surface area contributed by atoms with Crippen molar-refractivity contribution >= 4 is 23.2 Å². The molecule has 0 bridgehead atoms. The van der Waals surface area contributed by atoms with Crippen LogP contribution in [0, 0.1) is 6.92 Å². The summed E-state index contributed by atoms with van der Waals surface area (Å²) in [6.45, 7) is 2.68. The molecule has 0 saturated carbocycles. The minimum Gasteiger partial charge on any atom is -0.368 e. The molecule has 1 atom stereocenters. The number of carbonyl (C=O) groups is 1. The van der Waals surface area contributed by atoms with Crippen LogP contribution in [-0.4, -0.2) is 28.8 Å². The monoisotopic (exact) mass is 298 g/mol. The Hall–Kier alpha value is -2.47. The molecule has 2 heterocycles. The first kappa shape index (κ1) is 14.5. The minimum absolute atomic E-state index is 0.161. The SMILES string of the molecule is Cc1ccc(Nc2ccc(NC(=O)C3CCCO3)nn2)cc1. The molecule has 0 radical (unpaired) electrons. The molecule has 1 aliphatic rings. The standard InChI is InChI=1S/C16H18N4O2/c1-11-4-6-12(7-5-11)17-14-8-9-15(20-19-14)18-16(21)13-3-2-10-22-13/h4-9,13H,2-3,10H2,1H3,(H,17,19)(H,18,20,21). The Morgan fingerprint density at radius 3 is 2.50 bits per heavy atom. The van der Waals surface area contributed by atoms with Crippen molar-refractivity contribution in [1.29, 1.82) is 0 Å². The van der Waals surface area contributed by atoms with Gasteiger partial charge in [-0.15, -0.1) is 10.2 Å². The lowest BCUT2D eigenvalue weighted by Gasteiger charge is -2.10. The average molecular weight is 298 g/mol. The van der Waals surface area contributed by atoms with Crippen molar-refractivity contribution in [3.8, 4) is 0 Å². The predicted molar refractivity (Wildman–Crippen MR) is 84.1 cm³/mol. The van der Waals surface area contributed by atoms with Crippen LogP contribution in [0.5, 0.6) is 0 Å². The van der Waals surface area contributed by atoms with E-state index >= 15 is 0 Å². The average Bonchev–Trinajstić information content (AvgIpc) is 3.06. The largest absolute Gasteiger partial charge is 0.368 e. The zero-order valence-electron chi connectivity index (χ0n) is 12.4. The summed E-state index contributed by atoms with van der Waals surface area (Å²) in [5, 5.41) is 13.9. The lowest BCUT2D eigenvalue weighted by Crippen LogP contribution is -2.27. The van der Waals surface area contributed by atoms with E-state index in [-0.39, 0.29) is 12.0 Å². The number of carbonyl (C=O) groups excluding carboxylic acids is 1. The van der Waals surface area contributed by atoms with Crippen molar-refractivity contribution in [1.82, 2.24) is 10.2 Å². The van der Waals surface area contributed by atoms with E-state index in [1.54, 1.807) is 12.1 Å². The van der Waals surface area contributed by atoms with Gasteiger partial charge in [0.2, 0.25) is 0 Å². The summed E-state index contributed by atoms with van der Waals surface area (Å²) >= 11 is 0. The fraction of sp³-hybridized carbons (Fsp3) is 0.312. The Labute approximate surface area is 128 Å². The van der Waals surface area contributed by atoms with E-state index in [9.17, 15) is 4.79 Å². The molecule has 2 N–H and O–H groups in total. The summed E-state index contributed by atoms with van der Waals surface area (Å²) in [6, 6.07) is 11.5. The maximum absolute atomic E-state index is 11.9. The van der Waals surface area contributed by atoms with Gasteiger partial charge >= 0.3 is 0 Å². The highest BCUT2D eigenvalue weighted by Gasteiger charge is 2.23. The van der Waals surface area contributed by atoms with E-state index in [0.717, 1.165) is 18.5 Å². The van der Waals surface area contributed by atoms with E-state index < -0.39 is 0 Å². The number of amides is 1. The number of aryl methyl sites for hydroxylation is 1.